The van der Waals surface area contributed by atoms with Crippen molar-refractivity contribution < 1.29 is 4.92 Å². The van der Waals surface area contributed by atoms with E-state index in [2.05, 4.69) is 15.3 Å². The largest absolute Gasteiger partial charge is 0.364 e. The van der Waals surface area contributed by atoms with E-state index < -0.39 is 4.92 Å². The summed E-state index contributed by atoms with van der Waals surface area (Å²) in [7, 11) is 0. The molecular formula is C12H15ClN4O2. The van der Waals surface area contributed by atoms with E-state index in [0.29, 0.717) is 5.92 Å². The Labute approximate surface area is 115 Å². The number of hydrogen-bond acceptors (Lipinski definition) is 5. The van der Waals surface area contributed by atoms with Crippen LogP contribution in [0, 0.1) is 27.9 Å². The van der Waals surface area contributed by atoms with Crippen LogP contribution < -0.4 is 5.32 Å². The van der Waals surface area contributed by atoms with E-state index in [1.165, 1.54) is 32.0 Å². The van der Waals surface area contributed by atoms with Crippen LogP contribution in [-0.2, 0) is 0 Å². The SMILES string of the molecule is O=[N+]([O-])c1c(Cl)ncnc1NCC1CC2CCC1C2. The molecule has 102 valence electrons. The van der Waals surface area contributed by atoms with Gasteiger partial charge in [0.1, 0.15) is 6.33 Å². The molecule has 1 N–H and O–H groups in total. The van der Waals surface area contributed by atoms with Crippen LogP contribution in [0.5, 0.6) is 0 Å². The summed E-state index contributed by atoms with van der Waals surface area (Å²) in [5.74, 6) is 2.47. The molecular weight excluding hydrogens is 268 g/mol. The molecule has 7 heteroatoms. The zero-order valence-electron chi connectivity index (χ0n) is 10.4. The van der Waals surface area contributed by atoms with Crippen LogP contribution in [0.3, 0.4) is 0 Å². The van der Waals surface area contributed by atoms with Gasteiger partial charge in [-0.15, -0.1) is 0 Å². The van der Waals surface area contributed by atoms with E-state index in [-0.39, 0.29) is 16.7 Å². The van der Waals surface area contributed by atoms with Crippen molar-refractivity contribution in [2.75, 3.05) is 11.9 Å². The lowest BCUT2D eigenvalue weighted by molar-refractivity contribution is -0.384. The van der Waals surface area contributed by atoms with Crippen molar-refractivity contribution in [3.63, 3.8) is 0 Å². The molecule has 2 aliphatic rings. The molecule has 0 spiro atoms. The van der Waals surface area contributed by atoms with Gasteiger partial charge in [-0.2, -0.15) is 0 Å². The van der Waals surface area contributed by atoms with Crippen molar-refractivity contribution in [2.45, 2.75) is 25.7 Å². The van der Waals surface area contributed by atoms with Crippen molar-refractivity contribution in [3.8, 4) is 0 Å². The smallest absolute Gasteiger partial charge is 0.348 e. The summed E-state index contributed by atoms with van der Waals surface area (Å²) in [6, 6.07) is 0. The van der Waals surface area contributed by atoms with E-state index in [1.807, 2.05) is 0 Å². The fourth-order valence-corrected chi connectivity index (χ4v) is 3.70. The Morgan fingerprint density at radius 3 is 2.89 bits per heavy atom. The average Bonchev–Trinajstić information content (AvgIpc) is 2.97. The van der Waals surface area contributed by atoms with E-state index >= 15 is 0 Å². The molecule has 3 unspecified atom stereocenters. The number of nitrogens with one attached hydrogen (secondary N) is 1. The van der Waals surface area contributed by atoms with E-state index in [4.69, 9.17) is 11.6 Å². The fraction of sp³-hybridized carbons (Fsp3) is 0.667. The number of hydrogen-bond donors (Lipinski definition) is 1. The summed E-state index contributed by atoms with van der Waals surface area (Å²) in [4.78, 5) is 18.0. The van der Waals surface area contributed by atoms with Crippen LogP contribution in [0.4, 0.5) is 11.5 Å². The predicted molar refractivity (Wildman–Crippen MR) is 71.1 cm³/mol. The predicted octanol–water partition coefficient (Wildman–Crippen LogP) is 2.89. The maximum absolute atomic E-state index is 11.0. The maximum Gasteiger partial charge on any atom is 0.348 e. The third-order valence-corrected chi connectivity index (χ3v) is 4.65. The van der Waals surface area contributed by atoms with Gasteiger partial charge >= 0.3 is 5.69 Å². The molecule has 2 saturated carbocycles. The molecule has 0 aromatic carbocycles. The first-order chi connectivity index (χ1) is 9.15. The lowest BCUT2D eigenvalue weighted by Gasteiger charge is -2.21. The Hall–Kier alpha value is -1.43. The maximum atomic E-state index is 11.0. The number of anilines is 1. The Kier molecular flexibility index (Phi) is 3.26. The zero-order chi connectivity index (χ0) is 13.4. The van der Waals surface area contributed by atoms with Gasteiger partial charge < -0.3 is 5.32 Å². The molecule has 0 radical (unpaired) electrons. The number of fused-ring (bicyclic) bond motifs is 2. The first-order valence-electron chi connectivity index (χ1n) is 6.54. The van der Waals surface area contributed by atoms with E-state index in [0.717, 1.165) is 18.4 Å². The van der Waals surface area contributed by atoms with Gasteiger partial charge in [0.15, 0.2) is 0 Å². The number of rotatable bonds is 4. The second-order valence-electron chi connectivity index (χ2n) is 5.43. The number of halogens is 1. The summed E-state index contributed by atoms with van der Waals surface area (Å²) >= 11 is 5.75. The molecule has 19 heavy (non-hydrogen) atoms. The molecule has 0 saturated heterocycles. The summed E-state index contributed by atoms with van der Waals surface area (Å²) in [5, 5.41) is 13.9. The Morgan fingerprint density at radius 2 is 2.26 bits per heavy atom. The molecule has 2 aliphatic carbocycles. The summed E-state index contributed by atoms with van der Waals surface area (Å²) in [6.07, 6.45) is 6.44. The second-order valence-corrected chi connectivity index (χ2v) is 5.79. The average molecular weight is 283 g/mol. The van der Waals surface area contributed by atoms with E-state index in [1.54, 1.807) is 0 Å². The van der Waals surface area contributed by atoms with Crippen molar-refractivity contribution in [1.82, 2.24) is 9.97 Å². The van der Waals surface area contributed by atoms with Crippen LogP contribution in [-0.4, -0.2) is 21.4 Å². The standard InChI is InChI=1S/C12H15ClN4O2/c13-11-10(17(18)19)12(16-6-15-11)14-5-9-4-7-1-2-8(9)3-7/h6-9H,1-5H2,(H,14,15,16). The van der Waals surface area contributed by atoms with Crippen LogP contribution in [0.2, 0.25) is 5.15 Å². The Bertz CT molecular complexity index is 511. The first-order valence-corrected chi connectivity index (χ1v) is 6.91. The quantitative estimate of drug-likeness (QED) is 0.522. The molecule has 2 fully saturated rings. The monoisotopic (exact) mass is 282 g/mol. The minimum absolute atomic E-state index is 0.115. The molecule has 2 bridgehead atoms. The van der Waals surface area contributed by atoms with Crippen LogP contribution in [0.1, 0.15) is 25.7 Å². The van der Waals surface area contributed by atoms with Crippen molar-refractivity contribution in [1.29, 1.82) is 0 Å². The molecule has 1 aromatic rings. The Morgan fingerprint density at radius 1 is 1.42 bits per heavy atom. The molecule has 0 amide bonds. The summed E-state index contributed by atoms with van der Waals surface area (Å²) in [6.45, 7) is 0.731. The van der Waals surface area contributed by atoms with Crippen LogP contribution >= 0.6 is 11.6 Å². The second kappa shape index (κ2) is 4.92. The molecule has 1 aromatic heterocycles. The first kappa shape index (κ1) is 12.6. The Balaban J connectivity index is 1.70. The van der Waals surface area contributed by atoms with Gasteiger partial charge in [-0.25, -0.2) is 9.97 Å². The van der Waals surface area contributed by atoms with Gasteiger partial charge in [0.2, 0.25) is 11.0 Å². The zero-order valence-corrected chi connectivity index (χ0v) is 11.1. The lowest BCUT2D eigenvalue weighted by Crippen LogP contribution is -2.21. The topological polar surface area (TPSA) is 81.0 Å². The van der Waals surface area contributed by atoms with Crippen molar-refractivity contribution >= 4 is 23.1 Å². The van der Waals surface area contributed by atoms with Crippen LogP contribution in [0.25, 0.3) is 0 Å². The third kappa shape index (κ3) is 2.36. The third-order valence-electron chi connectivity index (χ3n) is 4.38. The molecule has 3 rings (SSSR count). The van der Waals surface area contributed by atoms with Gasteiger partial charge in [0.05, 0.1) is 4.92 Å². The number of aromatic nitrogens is 2. The minimum atomic E-state index is -0.536. The lowest BCUT2D eigenvalue weighted by atomic mass is 9.89. The van der Waals surface area contributed by atoms with Crippen molar-refractivity contribution in [3.05, 3.63) is 21.6 Å². The fourth-order valence-electron chi connectivity index (χ4n) is 3.50. The highest BCUT2D eigenvalue weighted by atomic mass is 35.5. The molecule has 6 nitrogen and oxygen atoms in total. The highest BCUT2D eigenvalue weighted by Gasteiger charge is 2.39. The highest BCUT2D eigenvalue weighted by Crippen LogP contribution is 2.48. The normalized spacial score (nSPS) is 28.6. The number of nitro groups is 1. The van der Waals surface area contributed by atoms with Crippen LogP contribution in [0.15, 0.2) is 6.33 Å². The number of nitrogens with zero attached hydrogens (tertiary/aromatic N) is 3. The van der Waals surface area contributed by atoms with Crippen molar-refractivity contribution in [2.24, 2.45) is 17.8 Å². The van der Waals surface area contributed by atoms with Gasteiger partial charge in [-0.05, 0) is 37.0 Å². The minimum Gasteiger partial charge on any atom is -0.364 e. The summed E-state index contributed by atoms with van der Waals surface area (Å²) < 4.78 is 0. The summed E-state index contributed by atoms with van der Waals surface area (Å²) in [5.41, 5.74) is -0.229. The van der Waals surface area contributed by atoms with Gasteiger partial charge in [0.25, 0.3) is 0 Å². The molecule has 1 heterocycles. The molecule has 0 aliphatic heterocycles. The van der Waals surface area contributed by atoms with Gasteiger partial charge in [0, 0.05) is 6.54 Å². The molecule has 3 atom stereocenters. The van der Waals surface area contributed by atoms with E-state index in [9.17, 15) is 10.1 Å². The van der Waals surface area contributed by atoms with Gasteiger partial charge in [-0.3, -0.25) is 10.1 Å². The highest BCUT2D eigenvalue weighted by molar-refractivity contribution is 6.31. The van der Waals surface area contributed by atoms with Gasteiger partial charge in [-0.1, -0.05) is 18.0 Å².